The first-order valence-electron chi connectivity index (χ1n) is 7.20. The Bertz CT molecular complexity index is 1010. The summed E-state index contributed by atoms with van der Waals surface area (Å²) in [5, 5.41) is 10.2. The summed E-state index contributed by atoms with van der Waals surface area (Å²) in [6.07, 6.45) is 0. The molecule has 1 aromatic heterocycles. The molecule has 5 nitrogen and oxygen atoms in total. The average molecular weight is 307 g/mol. The number of hydrogen-bond donors (Lipinski definition) is 1. The third-order valence-electron chi connectivity index (χ3n) is 4.19. The Morgan fingerprint density at radius 2 is 1.87 bits per heavy atom. The number of hydrogen-bond acceptors (Lipinski definition) is 4. The van der Waals surface area contributed by atoms with Crippen molar-refractivity contribution in [1.29, 1.82) is 0 Å². The SMILES string of the molecule is CN1C(=O)c2oc3ccccc3c(=O)c2C1c1cccc(O)c1. The van der Waals surface area contributed by atoms with Gasteiger partial charge in [0, 0.05) is 7.05 Å². The molecular weight excluding hydrogens is 294 g/mol. The zero-order valence-electron chi connectivity index (χ0n) is 12.3. The molecule has 0 saturated heterocycles. The Kier molecular flexibility index (Phi) is 2.78. The molecule has 1 unspecified atom stereocenters. The lowest BCUT2D eigenvalue weighted by molar-refractivity contribution is 0.0771. The third-order valence-corrected chi connectivity index (χ3v) is 4.19. The number of rotatable bonds is 1. The molecule has 3 aromatic rings. The molecule has 0 fully saturated rings. The molecule has 1 atom stereocenters. The Hall–Kier alpha value is -3.08. The minimum Gasteiger partial charge on any atom is -0.508 e. The summed E-state index contributed by atoms with van der Waals surface area (Å²) in [6, 6.07) is 12.9. The van der Waals surface area contributed by atoms with Gasteiger partial charge in [-0.2, -0.15) is 0 Å². The first-order chi connectivity index (χ1) is 11.1. The summed E-state index contributed by atoms with van der Waals surface area (Å²) in [4.78, 5) is 26.8. The van der Waals surface area contributed by atoms with Crippen molar-refractivity contribution < 1.29 is 14.3 Å². The molecule has 1 N–H and O–H groups in total. The zero-order chi connectivity index (χ0) is 16.1. The minimum absolute atomic E-state index is 0.0737. The van der Waals surface area contributed by atoms with Gasteiger partial charge in [-0.15, -0.1) is 0 Å². The highest BCUT2D eigenvalue weighted by molar-refractivity contribution is 5.98. The van der Waals surface area contributed by atoms with Gasteiger partial charge in [0.25, 0.3) is 5.91 Å². The second-order valence-corrected chi connectivity index (χ2v) is 5.58. The normalized spacial score (nSPS) is 16.8. The number of carbonyl (C=O) groups is 1. The van der Waals surface area contributed by atoms with Gasteiger partial charge in [-0.05, 0) is 29.8 Å². The van der Waals surface area contributed by atoms with Crippen LogP contribution in [0.15, 0.2) is 57.7 Å². The van der Waals surface area contributed by atoms with Crippen LogP contribution in [0.1, 0.15) is 27.7 Å². The van der Waals surface area contributed by atoms with Crippen LogP contribution in [0, 0.1) is 0 Å². The molecule has 2 aromatic carbocycles. The van der Waals surface area contributed by atoms with Gasteiger partial charge in [0.15, 0.2) is 5.43 Å². The van der Waals surface area contributed by atoms with Crippen molar-refractivity contribution in [1.82, 2.24) is 4.90 Å². The van der Waals surface area contributed by atoms with E-state index in [9.17, 15) is 14.7 Å². The maximum Gasteiger partial charge on any atom is 0.290 e. The summed E-state index contributed by atoms with van der Waals surface area (Å²) < 4.78 is 5.70. The summed E-state index contributed by atoms with van der Waals surface area (Å²) in [7, 11) is 1.62. The monoisotopic (exact) mass is 307 g/mol. The number of phenols is 1. The molecule has 0 saturated carbocycles. The number of nitrogens with zero attached hydrogens (tertiary/aromatic N) is 1. The first kappa shape index (κ1) is 13.6. The fraction of sp³-hybridized carbons (Fsp3) is 0.111. The third kappa shape index (κ3) is 1.86. The average Bonchev–Trinajstić information content (AvgIpc) is 2.80. The fourth-order valence-electron chi connectivity index (χ4n) is 3.12. The van der Waals surface area contributed by atoms with Gasteiger partial charge in [-0.3, -0.25) is 9.59 Å². The first-order valence-corrected chi connectivity index (χ1v) is 7.20. The van der Waals surface area contributed by atoms with E-state index >= 15 is 0 Å². The van der Waals surface area contributed by atoms with Gasteiger partial charge in [0.1, 0.15) is 11.3 Å². The second kappa shape index (κ2) is 4.71. The van der Waals surface area contributed by atoms with E-state index in [1.165, 1.54) is 4.90 Å². The maximum atomic E-state index is 12.9. The quantitative estimate of drug-likeness (QED) is 0.750. The molecule has 0 radical (unpaired) electrons. The fourth-order valence-corrected chi connectivity index (χ4v) is 3.12. The van der Waals surface area contributed by atoms with E-state index in [0.29, 0.717) is 22.1 Å². The van der Waals surface area contributed by atoms with Crippen molar-refractivity contribution in [3.05, 3.63) is 75.6 Å². The van der Waals surface area contributed by atoms with Gasteiger partial charge in [-0.25, -0.2) is 0 Å². The Morgan fingerprint density at radius 1 is 1.09 bits per heavy atom. The van der Waals surface area contributed by atoms with Crippen LogP contribution in [0.5, 0.6) is 5.75 Å². The Morgan fingerprint density at radius 3 is 2.65 bits per heavy atom. The van der Waals surface area contributed by atoms with E-state index in [4.69, 9.17) is 4.42 Å². The maximum absolute atomic E-state index is 12.9. The standard InChI is InChI=1S/C18H13NO4/c1-19-15(10-5-4-6-11(20)9-10)14-16(21)12-7-2-3-8-13(12)23-17(14)18(19)22/h2-9,15,20H,1H3. The Labute approximate surface area is 131 Å². The predicted octanol–water partition coefficient (Wildman–Crippen LogP) is 2.67. The summed E-state index contributed by atoms with van der Waals surface area (Å²) >= 11 is 0. The summed E-state index contributed by atoms with van der Waals surface area (Å²) in [6.45, 7) is 0. The van der Waals surface area contributed by atoms with Crippen LogP contribution in [-0.4, -0.2) is 23.0 Å². The molecule has 23 heavy (non-hydrogen) atoms. The highest BCUT2D eigenvalue weighted by Gasteiger charge is 2.40. The van der Waals surface area contributed by atoms with Gasteiger partial charge in [0.05, 0.1) is 17.0 Å². The van der Waals surface area contributed by atoms with Crippen LogP contribution < -0.4 is 5.43 Å². The lowest BCUT2D eigenvalue weighted by Crippen LogP contribution is -2.25. The van der Waals surface area contributed by atoms with Crippen molar-refractivity contribution in [2.75, 3.05) is 7.05 Å². The number of phenolic OH excluding ortho intramolecular Hbond substituents is 1. The number of amides is 1. The van der Waals surface area contributed by atoms with Crippen molar-refractivity contribution in [2.24, 2.45) is 0 Å². The number of carbonyl (C=O) groups excluding carboxylic acids is 1. The molecule has 0 spiro atoms. The molecule has 1 aliphatic heterocycles. The van der Waals surface area contributed by atoms with Gasteiger partial charge in [-0.1, -0.05) is 24.3 Å². The molecule has 1 amide bonds. The molecule has 114 valence electrons. The van der Waals surface area contributed by atoms with Crippen molar-refractivity contribution in [2.45, 2.75) is 6.04 Å². The van der Waals surface area contributed by atoms with E-state index < -0.39 is 6.04 Å². The lowest BCUT2D eigenvalue weighted by Gasteiger charge is -2.20. The van der Waals surface area contributed by atoms with Gasteiger partial charge >= 0.3 is 0 Å². The number of benzene rings is 2. The van der Waals surface area contributed by atoms with Crippen LogP contribution in [-0.2, 0) is 0 Å². The van der Waals surface area contributed by atoms with Crippen molar-refractivity contribution in [3.8, 4) is 5.75 Å². The minimum atomic E-state index is -0.564. The molecule has 0 aliphatic carbocycles. The van der Waals surface area contributed by atoms with E-state index in [2.05, 4.69) is 0 Å². The van der Waals surface area contributed by atoms with E-state index in [1.807, 2.05) is 0 Å². The predicted molar refractivity (Wildman–Crippen MR) is 84.5 cm³/mol. The number of para-hydroxylation sites is 1. The van der Waals surface area contributed by atoms with Gasteiger partial charge < -0.3 is 14.4 Å². The molecule has 1 aliphatic rings. The topological polar surface area (TPSA) is 70.8 Å². The van der Waals surface area contributed by atoms with Crippen molar-refractivity contribution >= 4 is 16.9 Å². The summed E-state index contributed by atoms with van der Waals surface area (Å²) in [5.74, 6) is -0.178. The molecule has 2 heterocycles. The number of fused-ring (bicyclic) bond motifs is 2. The molecular formula is C18H13NO4. The van der Waals surface area contributed by atoms with Crippen LogP contribution in [0.2, 0.25) is 0 Å². The Balaban J connectivity index is 2.05. The molecule has 4 rings (SSSR count). The second-order valence-electron chi connectivity index (χ2n) is 5.58. The largest absolute Gasteiger partial charge is 0.508 e. The van der Waals surface area contributed by atoms with E-state index in [1.54, 1.807) is 55.6 Å². The van der Waals surface area contributed by atoms with Gasteiger partial charge in [0.2, 0.25) is 5.76 Å². The summed E-state index contributed by atoms with van der Waals surface area (Å²) in [5.41, 5.74) is 1.17. The highest BCUT2D eigenvalue weighted by Crippen LogP contribution is 2.37. The number of aromatic hydroxyl groups is 1. The zero-order valence-corrected chi connectivity index (χ0v) is 12.3. The van der Waals surface area contributed by atoms with E-state index in [-0.39, 0.29) is 22.8 Å². The van der Waals surface area contributed by atoms with Crippen LogP contribution in [0.3, 0.4) is 0 Å². The molecule has 5 heteroatoms. The van der Waals surface area contributed by atoms with Crippen LogP contribution in [0.4, 0.5) is 0 Å². The highest BCUT2D eigenvalue weighted by atomic mass is 16.3. The van der Waals surface area contributed by atoms with Crippen LogP contribution >= 0.6 is 0 Å². The smallest absolute Gasteiger partial charge is 0.290 e. The lowest BCUT2D eigenvalue weighted by atomic mass is 9.98. The van der Waals surface area contributed by atoms with Crippen molar-refractivity contribution in [3.63, 3.8) is 0 Å². The van der Waals surface area contributed by atoms with Crippen LogP contribution in [0.25, 0.3) is 11.0 Å². The van der Waals surface area contributed by atoms with E-state index in [0.717, 1.165) is 0 Å². The molecule has 0 bridgehead atoms.